The summed E-state index contributed by atoms with van der Waals surface area (Å²) >= 11 is 0. The molecule has 0 aliphatic heterocycles. The van der Waals surface area contributed by atoms with Gasteiger partial charge in [-0.25, -0.2) is 12.1 Å². The van der Waals surface area contributed by atoms with Crippen molar-refractivity contribution in [1.82, 2.24) is 0 Å². The average Bonchev–Trinajstić information content (AvgIpc) is 2.07. The first-order valence-corrected chi connectivity index (χ1v) is 4.28. The molecule has 0 N–H and O–H groups in total. The first-order valence-electron chi connectivity index (χ1n) is 4.28. The molecule has 1 radical (unpaired) electrons. The van der Waals surface area contributed by atoms with Crippen LogP contribution in [-0.2, 0) is 32.7 Å². The van der Waals surface area contributed by atoms with Crippen LogP contribution in [-0.4, -0.2) is 0 Å². The molecule has 13 heavy (non-hydrogen) atoms. The summed E-state index contributed by atoms with van der Waals surface area (Å²) in [6, 6.07) is 10.7. The Kier molecular flexibility index (Phi) is 12.1. The van der Waals surface area contributed by atoms with E-state index in [4.69, 9.17) is 6.58 Å². The Hall–Kier alpha value is 0.0639. The van der Waals surface area contributed by atoms with Crippen LogP contribution < -0.4 is 0 Å². The van der Waals surface area contributed by atoms with Crippen LogP contribution in [0, 0.1) is 12.6 Å². The van der Waals surface area contributed by atoms with Crippen molar-refractivity contribution in [2.24, 2.45) is 0 Å². The average molecular weight is 249 g/mol. The maximum atomic E-state index is 5.50. The van der Waals surface area contributed by atoms with Gasteiger partial charge in [0.25, 0.3) is 0 Å². The molecule has 0 bridgehead atoms. The summed E-state index contributed by atoms with van der Waals surface area (Å²) in [4.78, 5) is 0. The van der Waals surface area contributed by atoms with Crippen molar-refractivity contribution in [3.05, 3.63) is 42.5 Å². The normalized spacial score (nSPS) is 7.62. The number of allylic oxidation sites excluding steroid dienone is 1. The van der Waals surface area contributed by atoms with Gasteiger partial charge in [-0.15, -0.1) is 13.0 Å². The fourth-order valence-electron chi connectivity index (χ4n) is 0.639. The molecule has 1 aromatic rings. The van der Waals surface area contributed by atoms with E-state index in [1.165, 1.54) is 6.42 Å². The summed E-state index contributed by atoms with van der Waals surface area (Å²) in [6.45, 7) is 11.6. The topological polar surface area (TPSA) is 0 Å². The van der Waals surface area contributed by atoms with Crippen molar-refractivity contribution in [3.63, 3.8) is 0 Å². The van der Waals surface area contributed by atoms with Gasteiger partial charge in [0.15, 0.2) is 0 Å². The van der Waals surface area contributed by atoms with Gasteiger partial charge in [0.1, 0.15) is 0 Å². The van der Waals surface area contributed by atoms with Crippen molar-refractivity contribution < 1.29 is 32.7 Å². The Labute approximate surface area is 107 Å². The van der Waals surface area contributed by atoms with Crippen molar-refractivity contribution in [2.75, 3.05) is 0 Å². The van der Waals surface area contributed by atoms with Crippen LogP contribution in [0.5, 0.6) is 0 Å². The van der Waals surface area contributed by atoms with E-state index in [2.05, 4.69) is 19.9 Å². The van der Waals surface area contributed by atoms with E-state index < -0.39 is 0 Å². The van der Waals surface area contributed by atoms with Crippen LogP contribution in [0.3, 0.4) is 0 Å². The zero-order valence-corrected chi connectivity index (χ0v) is 11.5. The fraction of sp³-hybridized carbons (Fsp3) is 0.333. The van der Waals surface area contributed by atoms with E-state index in [1.54, 1.807) is 0 Å². The summed E-state index contributed by atoms with van der Waals surface area (Å²) in [5.41, 5.74) is 1.80. The fourth-order valence-corrected chi connectivity index (χ4v) is 0.639. The van der Waals surface area contributed by atoms with Crippen LogP contribution >= 0.6 is 0 Å². The number of rotatable bonds is 1. The third-order valence-electron chi connectivity index (χ3n) is 1.13. The van der Waals surface area contributed by atoms with E-state index in [-0.39, 0.29) is 32.7 Å². The van der Waals surface area contributed by atoms with Crippen LogP contribution in [0.2, 0.25) is 0 Å². The second kappa shape index (κ2) is 10.1. The molecule has 0 heterocycles. The molecule has 0 atom stereocenters. The second-order valence-corrected chi connectivity index (χ2v) is 2.67. The Morgan fingerprint density at radius 1 is 1.38 bits per heavy atom. The van der Waals surface area contributed by atoms with E-state index >= 15 is 0 Å². The molecule has 1 heteroatoms. The largest absolute Gasteiger partial charge is 0.341 e. The zero-order chi connectivity index (χ0) is 9.40. The smallest absolute Gasteiger partial charge is 0 e. The van der Waals surface area contributed by atoms with Gasteiger partial charge in [-0.2, -0.15) is 12.1 Å². The Morgan fingerprint density at radius 3 is 2.15 bits per heavy atom. The summed E-state index contributed by atoms with van der Waals surface area (Å²) in [7, 11) is 0. The van der Waals surface area contributed by atoms with Crippen molar-refractivity contribution in [2.45, 2.75) is 27.2 Å². The standard InChI is InChI=1S/C9H8.C3H8.Y/c1-8(2)9-6-4-3-5-7-9;1-3-2;/h1,3-6H,2H3;3H2,1-2H3;/q-2;;. The van der Waals surface area contributed by atoms with E-state index in [0.717, 1.165) is 11.1 Å². The Balaban J connectivity index is 0. The van der Waals surface area contributed by atoms with Gasteiger partial charge in [-0.3, -0.25) is 0 Å². The van der Waals surface area contributed by atoms with Gasteiger partial charge in [0.05, 0.1) is 0 Å². The molecule has 69 valence electrons. The molecule has 0 saturated carbocycles. The van der Waals surface area contributed by atoms with Crippen LogP contribution in [0.25, 0.3) is 5.57 Å². The summed E-state index contributed by atoms with van der Waals surface area (Å²) in [5, 5.41) is 0. The van der Waals surface area contributed by atoms with E-state index in [9.17, 15) is 0 Å². The molecule has 0 nitrogen and oxygen atoms in total. The molecule has 0 saturated heterocycles. The minimum Gasteiger partial charge on any atom is -0.341 e. The molecule has 1 aromatic carbocycles. The number of benzene rings is 1. The first-order chi connectivity index (χ1) is 5.72. The van der Waals surface area contributed by atoms with Gasteiger partial charge < -0.3 is 17.7 Å². The second-order valence-electron chi connectivity index (χ2n) is 2.67. The maximum Gasteiger partial charge on any atom is 0 e. The summed E-state index contributed by atoms with van der Waals surface area (Å²) < 4.78 is 0. The number of hydrogen-bond donors (Lipinski definition) is 0. The third kappa shape index (κ3) is 8.40. The zero-order valence-electron chi connectivity index (χ0n) is 8.67. The molecule has 0 aliphatic carbocycles. The SMILES string of the molecule is CCC.[CH-]=C(C)c1[c-]cccc1.[Y]. The molecule has 0 spiro atoms. The molecule has 0 aromatic heterocycles. The van der Waals surface area contributed by atoms with Gasteiger partial charge in [-0.05, 0) is 0 Å². The maximum absolute atomic E-state index is 5.50. The molecule has 1 rings (SSSR count). The monoisotopic (exact) mass is 249 g/mol. The molecular weight excluding hydrogens is 233 g/mol. The van der Waals surface area contributed by atoms with Crippen LogP contribution in [0.4, 0.5) is 0 Å². The van der Waals surface area contributed by atoms with Crippen LogP contribution in [0.15, 0.2) is 24.3 Å². The van der Waals surface area contributed by atoms with Crippen molar-refractivity contribution >= 4 is 5.57 Å². The molecule has 0 fully saturated rings. The van der Waals surface area contributed by atoms with Gasteiger partial charge >= 0.3 is 0 Å². The van der Waals surface area contributed by atoms with Gasteiger partial charge in [-0.1, -0.05) is 20.3 Å². The predicted octanol–water partition coefficient (Wildman–Crippen LogP) is 3.74. The minimum atomic E-state index is 0. The van der Waals surface area contributed by atoms with Gasteiger partial charge in [0, 0.05) is 32.7 Å². The molecular formula is C12H16Y-2. The molecule has 0 unspecified atom stereocenters. The number of hydrogen-bond acceptors (Lipinski definition) is 0. The minimum absolute atomic E-state index is 0. The molecule has 0 amide bonds. The predicted molar refractivity (Wildman–Crippen MR) is 54.6 cm³/mol. The third-order valence-corrected chi connectivity index (χ3v) is 1.13. The Bertz CT molecular complexity index is 214. The van der Waals surface area contributed by atoms with Crippen molar-refractivity contribution in [3.8, 4) is 0 Å². The van der Waals surface area contributed by atoms with Gasteiger partial charge in [0.2, 0.25) is 0 Å². The summed E-state index contributed by atoms with van der Waals surface area (Å²) in [6.07, 6.45) is 1.25. The first kappa shape index (κ1) is 15.5. The van der Waals surface area contributed by atoms with Crippen molar-refractivity contribution in [1.29, 1.82) is 0 Å². The van der Waals surface area contributed by atoms with Crippen LogP contribution in [0.1, 0.15) is 32.8 Å². The van der Waals surface area contributed by atoms with E-state index in [0.29, 0.717) is 0 Å². The van der Waals surface area contributed by atoms with E-state index in [1.807, 2.05) is 31.2 Å². The Morgan fingerprint density at radius 2 is 1.92 bits per heavy atom. The quantitative estimate of drug-likeness (QED) is 0.665. The molecule has 0 aliphatic rings. The summed E-state index contributed by atoms with van der Waals surface area (Å²) in [5.74, 6) is 0.